The SMILES string of the molecule is CCCCOc1ccccc1-c1cccc2c1[C@H]1CCNCCC1N2. The molecule has 0 spiro atoms. The Bertz CT molecular complexity index is 728. The standard InChI is InChI=1S/C22H28N2O/c1-2-3-15-25-21-10-5-4-7-16(21)17-8-6-9-20-22(17)18-11-13-23-14-12-19(18)24-20/h4-10,18-19,23-24H,2-3,11-15H2,1H3/t18-,19?/m0/s1. The van der Waals surface area contributed by atoms with E-state index < -0.39 is 0 Å². The van der Waals surface area contributed by atoms with Gasteiger partial charge in [0.2, 0.25) is 0 Å². The van der Waals surface area contributed by atoms with Gasteiger partial charge in [-0.25, -0.2) is 0 Å². The Morgan fingerprint density at radius 1 is 1.00 bits per heavy atom. The summed E-state index contributed by atoms with van der Waals surface area (Å²) in [5, 5.41) is 7.32. The average molecular weight is 336 g/mol. The molecule has 1 unspecified atom stereocenters. The van der Waals surface area contributed by atoms with E-state index in [0.717, 1.165) is 38.3 Å². The smallest absolute Gasteiger partial charge is 0.127 e. The fraction of sp³-hybridized carbons (Fsp3) is 0.455. The summed E-state index contributed by atoms with van der Waals surface area (Å²) in [7, 11) is 0. The second-order valence-corrected chi connectivity index (χ2v) is 7.15. The van der Waals surface area contributed by atoms with Crippen molar-refractivity contribution >= 4 is 5.69 Å². The topological polar surface area (TPSA) is 33.3 Å². The first-order chi connectivity index (χ1) is 12.4. The molecule has 3 heteroatoms. The lowest BCUT2D eigenvalue weighted by atomic mass is 9.85. The van der Waals surface area contributed by atoms with Gasteiger partial charge in [-0.1, -0.05) is 43.7 Å². The van der Waals surface area contributed by atoms with Crippen LogP contribution in [0.15, 0.2) is 42.5 Å². The van der Waals surface area contributed by atoms with E-state index >= 15 is 0 Å². The van der Waals surface area contributed by atoms with E-state index in [1.807, 2.05) is 0 Å². The van der Waals surface area contributed by atoms with Crippen molar-refractivity contribution < 1.29 is 4.74 Å². The van der Waals surface area contributed by atoms with Gasteiger partial charge < -0.3 is 15.4 Å². The lowest BCUT2D eigenvalue weighted by molar-refractivity contribution is 0.310. The molecule has 1 saturated heterocycles. The number of unbranched alkanes of at least 4 members (excludes halogenated alkanes) is 1. The molecule has 0 bridgehead atoms. The zero-order valence-electron chi connectivity index (χ0n) is 15.1. The monoisotopic (exact) mass is 336 g/mol. The Morgan fingerprint density at radius 2 is 1.84 bits per heavy atom. The van der Waals surface area contributed by atoms with Gasteiger partial charge in [-0.3, -0.25) is 0 Å². The van der Waals surface area contributed by atoms with Gasteiger partial charge in [-0.05, 0) is 55.6 Å². The van der Waals surface area contributed by atoms with E-state index in [4.69, 9.17) is 4.74 Å². The highest BCUT2D eigenvalue weighted by molar-refractivity contribution is 5.81. The maximum Gasteiger partial charge on any atom is 0.127 e. The predicted octanol–water partition coefficient (Wildman–Crippen LogP) is 4.79. The fourth-order valence-electron chi connectivity index (χ4n) is 4.23. The van der Waals surface area contributed by atoms with Gasteiger partial charge in [-0.2, -0.15) is 0 Å². The molecule has 0 radical (unpaired) electrons. The zero-order chi connectivity index (χ0) is 17.1. The number of benzene rings is 2. The predicted molar refractivity (Wildman–Crippen MR) is 105 cm³/mol. The third-order valence-corrected chi connectivity index (χ3v) is 5.50. The summed E-state index contributed by atoms with van der Waals surface area (Å²) < 4.78 is 6.12. The van der Waals surface area contributed by atoms with E-state index in [2.05, 4.69) is 60.0 Å². The number of rotatable bonds is 5. The Hall–Kier alpha value is -2.00. The highest BCUT2D eigenvalue weighted by atomic mass is 16.5. The van der Waals surface area contributed by atoms with Crippen molar-refractivity contribution in [3.63, 3.8) is 0 Å². The summed E-state index contributed by atoms with van der Waals surface area (Å²) in [4.78, 5) is 0. The Labute approximate surface area is 150 Å². The van der Waals surface area contributed by atoms with E-state index in [1.165, 1.54) is 35.2 Å². The molecule has 2 aromatic carbocycles. The van der Waals surface area contributed by atoms with Crippen LogP contribution in [0.5, 0.6) is 5.75 Å². The van der Waals surface area contributed by atoms with E-state index in [0.29, 0.717) is 12.0 Å². The Balaban J connectivity index is 1.72. The molecule has 2 aromatic rings. The molecule has 0 aliphatic carbocycles. The van der Waals surface area contributed by atoms with Crippen LogP contribution in [0.3, 0.4) is 0 Å². The summed E-state index contributed by atoms with van der Waals surface area (Å²) in [6.45, 7) is 5.20. The molecule has 1 fully saturated rings. The summed E-state index contributed by atoms with van der Waals surface area (Å²) >= 11 is 0. The fourth-order valence-corrected chi connectivity index (χ4v) is 4.23. The molecule has 2 N–H and O–H groups in total. The van der Waals surface area contributed by atoms with Crippen LogP contribution in [0.4, 0.5) is 5.69 Å². The lowest BCUT2D eigenvalue weighted by Crippen LogP contribution is -2.21. The van der Waals surface area contributed by atoms with Gasteiger partial charge >= 0.3 is 0 Å². The molecule has 0 aromatic heterocycles. The first-order valence-electron chi connectivity index (χ1n) is 9.71. The number of para-hydroxylation sites is 1. The van der Waals surface area contributed by atoms with Crippen molar-refractivity contribution in [3.05, 3.63) is 48.0 Å². The van der Waals surface area contributed by atoms with E-state index in [-0.39, 0.29) is 0 Å². The van der Waals surface area contributed by atoms with Gasteiger partial charge in [-0.15, -0.1) is 0 Å². The van der Waals surface area contributed by atoms with Crippen LogP contribution in [0, 0.1) is 0 Å². The first kappa shape index (κ1) is 16.5. The van der Waals surface area contributed by atoms with Crippen molar-refractivity contribution in [2.75, 3.05) is 25.0 Å². The molecule has 0 saturated carbocycles. The first-order valence-corrected chi connectivity index (χ1v) is 9.71. The quantitative estimate of drug-likeness (QED) is 0.770. The van der Waals surface area contributed by atoms with Crippen LogP contribution in [0.2, 0.25) is 0 Å². The molecular weight excluding hydrogens is 308 g/mol. The van der Waals surface area contributed by atoms with Crippen LogP contribution >= 0.6 is 0 Å². The highest BCUT2D eigenvalue weighted by Crippen LogP contribution is 2.46. The molecule has 2 aliphatic rings. The Morgan fingerprint density at radius 3 is 2.76 bits per heavy atom. The van der Waals surface area contributed by atoms with E-state index in [1.54, 1.807) is 0 Å². The van der Waals surface area contributed by atoms with Gasteiger partial charge in [0.25, 0.3) is 0 Å². The van der Waals surface area contributed by atoms with Crippen molar-refractivity contribution in [2.24, 2.45) is 0 Å². The number of hydrogen-bond donors (Lipinski definition) is 2. The second kappa shape index (κ2) is 7.49. The summed E-state index contributed by atoms with van der Waals surface area (Å²) in [6, 6.07) is 15.7. The molecule has 2 aliphatic heterocycles. The number of ether oxygens (including phenoxy) is 1. The van der Waals surface area contributed by atoms with Crippen molar-refractivity contribution in [2.45, 2.75) is 44.6 Å². The van der Waals surface area contributed by atoms with Gasteiger partial charge in [0, 0.05) is 23.2 Å². The van der Waals surface area contributed by atoms with Gasteiger partial charge in [0.1, 0.15) is 5.75 Å². The van der Waals surface area contributed by atoms with Crippen molar-refractivity contribution in [1.82, 2.24) is 5.32 Å². The summed E-state index contributed by atoms with van der Waals surface area (Å²) in [5.74, 6) is 1.60. The minimum atomic E-state index is 0.555. The molecular formula is C22H28N2O. The summed E-state index contributed by atoms with van der Waals surface area (Å²) in [6.07, 6.45) is 4.64. The van der Waals surface area contributed by atoms with Crippen LogP contribution in [0.25, 0.3) is 11.1 Å². The van der Waals surface area contributed by atoms with Gasteiger partial charge in [0.15, 0.2) is 0 Å². The number of nitrogens with one attached hydrogen (secondary N) is 2. The lowest BCUT2D eigenvalue weighted by Gasteiger charge is -2.19. The molecule has 2 heterocycles. The maximum absolute atomic E-state index is 6.12. The third-order valence-electron chi connectivity index (χ3n) is 5.50. The molecule has 2 atom stereocenters. The largest absolute Gasteiger partial charge is 0.493 e. The number of hydrogen-bond acceptors (Lipinski definition) is 3. The second-order valence-electron chi connectivity index (χ2n) is 7.15. The minimum Gasteiger partial charge on any atom is -0.493 e. The van der Waals surface area contributed by atoms with Crippen LogP contribution in [-0.2, 0) is 0 Å². The van der Waals surface area contributed by atoms with Gasteiger partial charge in [0.05, 0.1) is 6.61 Å². The molecule has 4 rings (SSSR count). The van der Waals surface area contributed by atoms with E-state index in [9.17, 15) is 0 Å². The van der Waals surface area contributed by atoms with Crippen LogP contribution in [-0.4, -0.2) is 25.7 Å². The minimum absolute atomic E-state index is 0.555. The normalized spacial score (nSPS) is 21.8. The Kier molecular flexibility index (Phi) is 4.93. The van der Waals surface area contributed by atoms with Crippen molar-refractivity contribution in [3.8, 4) is 16.9 Å². The number of fused-ring (bicyclic) bond motifs is 3. The molecule has 0 amide bonds. The maximum atomic E-state index is 6.12. The molecule has 132 valence electrons. The van der Waals surface area contributed by atoms with Crippen molar-refractivity contribution in [1.29, 1.82) is 0 Å². The average Bonchev–Trinajstić information content (AvgIpc) is 2.84. The third kappa shape index (κ3) is 3.25. The highest BCUT2D eigenvalue weighted by Gasteiger charge is 2.35. The molecule has 3 nitrogen and oxygen atoms in total. The summed E-state index contributed by atoms with van der Waals surface area (Å²) in [5.41, 5.74) is 5.38. The van der Waals surface area contributed by atoms with Crippen LogP contribution < -0.4 is 15.4 Å². The van der Waals surface area contributed by atoms with Crippen LogP contribution in [0.1, 0.15) is 44.1 Å². The zero-order valence-corrected chi connectivity index (χ0v) is 15.1. The number of anilines is 1. The molecule has 25 heavy (non-hydrogen) atoms.